The number of carbonyl (C=O) groups is 1. The molecule has 2 aromatic rings. The van der Waals surface area contributed by atoms with Gasteiger partial charge >= 0.3 is 0 Å². The maximum absolute atomic E-state index is 12.0. The van der Waals surface area contributed by atoms with Crippen LogP contribution in [0, 0.1) is 28.6 Å². The second kappa shape index (κ2) is 9.23. The fourth-order valence-corrected chi connectivity index (χ4v) is 8.25. The minimum atomic E-state index is 0.125. The molecule has 4 fully saturated rings. The van der Waals surface area contributed by atoms with Crippen LogP contribution < -0.4 is 10.2 Å². The van der Waals surface area contributed by atoms with Gasteiger partial charge in [-0.25, -0.2) is 0 Å². The molecule has 5 heteroatoms. The zero-order valence-electron chi connectivity index (χ0n) is 21.5. The lowest BCUT2D eigenvalue weighted by atomic mass is 9.70. The SMILES string of the molecule is CC(=O)N[C@H]1CCCC12CC2(c1ccccc1)C1CCN(CC2CN(c3ccc(C#N)cc3)C2)CC1. The lowest BCUT2D eigenvalue weighted by Gasteiger charge is -2.45. The first-order valence-corrected chi connectivity index (χ1v) is 13.8. The molecule has 2 unspecified atom stereocenters. The zero-order chi connectivity index (χ0) is 24.8. The van der Waals surface area contributed by atoms with Crippen molar-refractivity contribution in [3.63, 3.8) is 0 Å². The number of amides is 1. The number of hydrogen-bond donors (Lipinski definition) is 1. The molecule has 1 spiro atoms. The van der Waals surface area contributed by atoms with Gasteiger partial charge in [0.25, 0.3) is 0 Å². The Morgan fingerprint density at radius 3 is 2.44 bits per heavy atom. The zero-order valence-corrected chi connectivity index (χ0v) is 21.5. The van der Waals surface area contributed by atoms with Gasteiger partial charge in [0.05, 0.1) is 11.6 Å². The summed E-state index contributed by atoms with van der Waals surface area (Å²) in [6.45, 7) is 7.47. The highest BCUT2D eigenvalue weighted by Crippen LogP contribution is 2.76. The summed E-state index contributed by atoms with van der Waals surface area (Å²) in [5.74, 6) is 1.55. The average molecular weight is 483 g/mol. The van der Waals surface area contributed by atoms with Crippen molar-refractivity contribution in [1.29, 1.82) is 5.26 Å². The molecule has 2 saturated carbocycles. The van der Waals surface area contributed by atoms with Gasteiger partial charge in [0.15, 0.2) is 0 Å². The number of carbonyl (C=O) groups excluding carboxylic acids is 1. The first-order chi connectivity index (χ1) is 17.5. The van der Waals surface area contributed by atoms with E-state index in [0.29, 0.717) is 12.0 Å². The number of nitriles is 1. The van der Waals surface area contributed by atoms with Crippen molar-refractivity contribution < 1.29 is 4.79 Å². The van der Waals surface area contributed by atoms with E-state index in [1.807, 2.05) is 12.1 Å². The monoisotopic (exact) mass is 482 g/mol. The summed E-state index contributed by atoms with van der Waals surface area (Å²) in [5, 5.41) is 12.4. The van der Waals surface area contributed by atoms with Crippen LogP contribution in [0.3, 0.4) is 0 Å². The molecule has 1 N–H and O–H groups in total. The molecule has 2 saturated heterocycles. The Bertz CT molecular complexity index is 1130. The second-order valence-electron chi connectivity index (χ2n) is 11.8. The van der Waals surface area contributed by atoms with Gasteiger partial charge in [-0.15, -0.1) is 0 Å². The molecule has 36 heavy (non-hydrogen) atoms. The third-order valence-electron chi connectivity index (χ3n) is 9.93. The van der Waals surface area contributed by atoms with Crippen molar-refractivity contribution in [3.05, 3.63) is 65.7 Å². The molecule has 5 nitrogen and oxygen atoms in total. The molecule has 6 rings (SSSR count). The second-order valence-corrected chi connectivity index (χ2v) is 11.8. The van der Waals surface area contributed by atoms with Crippen LogP contribution in [0.1, 0.15) is 56.6 Å². The van der Waals surface area contributed by atoms with Gasteiger partial charge in [0, 0.05) is 55.0 Å². The van der Waals surface area contributed by atoms with Gasteiger partial charge in [-0.05, 0) is 80.9 Å². The highest BCUT2D eigenvalue weighted by Gasteiger charge is 2.74. The Hall–Kier alpha value is -2.84. The van der Waals surface area contributed by atoms with Crippen LogP contribution in [-0.2, 0) is 10.2 Å². The molecular weight excluding hydrogens is 444 g/mol. The number of hydrogen-bond acceptors (Lipinski definition) is 4. The summed E-state index contributed by atoms with van der Waals surface area (Å²) < 4.78 is 0. The average Bonchev–Trinajstić information content (AvgIpc) is 3.41. The number of anilines is 1. The van der Waals surface area contributed by atoms with Crippen LogP contribution in [0.4, 0.5) is 5.69 Å². The minimum Gasteiger partial charge on any atom is -0.371 e. The van der Waals surface area contributed by atoms with E-state index >= 15 is 0 Å². The first-order valence-electron chi connectivity index (χ1n) is 13.8. The lowest BCUT2D eigenvalue weighted by Crippen LogP contribution is -2.53. The quantitative estimate of drug-likeness (QED) is 0.647. The van der Waals surface area contributed by atoms with E-state index in [2.05, 4.69) is 63.7 Å². The molecule has 0 radical (unpaired) electrons. The van der Waals surface area contributed by atoms with Crippen molar-refractivity contribution in [1.82, 2.24) is 10.2 Å². The van der Waals surface area contributed by atoms with E-state index < -0.39 is 0 Å². The molecule has 2 aromatic carbocycles. The number of likely N-dealkylation sites (tertiary alicyclic amines) is 1. The molecular formula is C31H38N4O. The lowest BCUT2D eigenvalue weighted by molar-refractivity contribution is -0.120. The van der Waals surface area contributed by atoms with Gasteiger partial charge in [-0.3, -0.25) is 4.79 Å². The van der Waals surface area contributed by atoms with Crippen LogP contribution in [0.2, 0.25) is 0 Å². The smallest absolute Gasteiger partial charge is 0.217 e. The van der Waals surface area contributed by atoms with Crippen molar-refractivity contribution in [2.45, 2.75) is 56.9 Å². The van der Waals surface area contributed by atoms with E-state index in [-0.39, 0.29) is 16.7 Å². The van der Waals surface area contributed by atoms with Crippen molar-refractivity contribution in [2.75, 3.05) is 37.6 Å². The van der Waals surface area contributed by atoms with Gasteiger partial charge < -0.3 is 15.1 Å². The van der Waals surface area contributed by atoms with E-state index in [1.54, 1.807) is 6.92 Å². The van der Waals surface area contributed by atoms with Crippen LogP contribution in [0.15, 0.2) is 54.6 Å². The van der Waals surface area contributed by atoms with Crippen LogP contribution >= 0.6 is 0 Å². The third kappa shape index (κ3) is 3.91. The fraction of sp³-hybridized carbons (Fsp3) is 0.548. The molecule has 2 heterocycles. The Morgan fingerprint density at radius 1 is 1.06 bits per heavy atom. The highest BCUT2D eigenvalue weighted by atomic mass is 16.1. The summed E-state index contributed by atoms with van der Waals surface area (Å²) in [4.78, 5) is 17.2. The molecule has 0 aromatic heterocycles. The third-order valence-corrected chi connectivity index (χ3v) is 9.93. The largest absolute Gasteiger partial charge is 0.371 e. The van der Waals surface area contributed by atoms with Gasteiger partial charge in [0.1, 0.15) is 0 Å². The minimum absolute atomic E-state index is 0.125. The number of rotatable bonds is 6. The molecule has 0 bridgehead atoms. The van der Waals surface area contributed by atoms with Crippen molar-refractivity contribution in [3.8, 4) is 6.07 Å². The molecule has 2 aliphatic carbocycles. The van der Waals surface area contributed by atoms with Crippen LogP contribution in [-0.4, -0.2) is 49.6 Å². The maximum atomic E-state index is 12.0. The summed E-state index contributed by atoms with van der Waals surface area (Å²) in [6.07, 6.45) is 7.37. The summed E-state index contributed by atoms with van der Waals surface area (Å²) >= 11 is 0. The van der Waals surface area contributed by atoms with Crippen LogP contribution in [0.25, 0.3) is 0 Å². The summed E-state index contributed by atoms with van der Waals surface area (Å²) in [6, 6.07) is 21.8. The van der Waals surface area contributed by atoms with E-state index in [1.165, 1.54) is 63.0 Å². The number of nitrogens with zero attached hydrogens (tertiary/aromatic N) is 3. The Balaban J connectivity index is 1.09. The van der Waals surface area contributed by atoms with Crippen molar-refractivity contribution >= 4 is 11.6 Å². The Labute approximate surface area is 215 Å². The normalized spacial score (nSPS) is 30.7. The number of benzene rings is 2. The predicted octanol–water partition coefficient (Wildman–Crippen LogP) is 4.72. The Morgan fingerprint density at radius 2 is 1.78 bits per heavy atom. The molecule has 2 aliphatic heterocycles. The first kappa shape index (κ1) is 23.6. The fourth-order valence-electron chi connectivity index (χ4n) is 8.25. The maximum Gasteiger partial charge on any atom is 0.217 e. The standard InChI is InChI=1S/C31H38N4O/c1-23(36)33-29-8-5-15-30(29)22-31(30,26-6-3-2-4-7-26)27-13-16-34(17-14-27)19-25-20-35(21-25)28-11-9-24(18-32)10-12-28/h2-4,6-7,9-12,25,27,29H,5,8,13-17,19-22H2,1H3,(H,33,36)/t29-,30?,31?/m0/s1. The number of piperidine rings is 1. The molecule has 1 amide bonds. The predicted molar refractivity (Wildman–Crippen MR) is 143 cm³/mol. The van der Waals surface area contributed by atoms with E-state index in [4.69, 9.17) is 5.26 Å². The van der Waals surface area contributed by atoms with Gasteiger partial charge in [0.2, 0.25) is 5.91 Å². The summed E-state index contributed by atoms with van der Waals surface area (Å²) in [7, 11) is 0. The highest BCUT2D eigenvalue weighted by molar-refractivity contribution is 5.73. The van der Waals surface area contributed by atoms with Crippen LogP contribution in [0.5, 0.6) is 0 Å². The van der Waals surface area contributed by atoms with E-state index in [9.17, 15) is 4.79 Å². The molecule has 3 atom stereocenters. The molecule has 188 valence electrons. The topological polar surface area (TPSA) is 59.4 Å². The van der Waals surface area contributed by atoms with Gasteiger partial charge in [-0.2, -0.15) is 5.26 Å². The van der Waals surface area contributed by atoms with E-state index in [0.717, 1.165) is 31.0 Å². The van der Waals surface area contributed by atoms with Gasteiger partial charge in [-0.1, -0.05) is 36.8 Å². The number of nitrogens with one attached hydrogen (secondary N) is 1. The molecule has 4 aliphatic rings. The Kier molecular flexibility index (Phi) is 6.04. The summed E-state index contributed by atoms with van der Waals surface area (Å²) in [5.41, 5.74) is 3.95. The van der Waals surface area contributed by atoms with Crippen molar-refractivity contribution in [2.24, 2.45) is 17.3 Å².